The van der Waals surface area contributed by atoms with Crippen molar-refractivity contribution < 1.29 is 8.42 Å². The number of nitrogens with one attached hydrogen (secondary N) is 3. The summed E-state index contributed by atoms with van der Waals surface area (Å²) in [6, 6.07) is 7.96. The molecule has 0 spiro atoms. The van der Waals surface area contributed by atoms with E-state index >= 15 is 0 Å². The zero-order chi connectivity index (χ0) is 22.2. The van der Waals surface area contributed by atoms with E-state index in [2.05, 4.69) is 52.9 Å². The van der Waals surface area contributed by atoms with E-state index in [1.807, 2.05) is 32.9 Å². The lowest BCUT2D eigenvalue weighted by molar-refractivity contribution is 0.178. The van der Waals surface area contributed by atoms with Crippen molar-refractivity contribution in [3.8, 4) is 0 Å². The first-order valence-electron chi connectivity index (χ1n) is 10.2. The highest BCUT2D eigenvalue weighted by Crippen LogP contribution is 2.17. The van der Waals surface area contributed by atoms with Gasteiger partial charge in [-0.2, -0.15) is 0 Å². The van der Waals surface area contributed by atoms with Crippen LogP contribution in [0, 0.1) is 0 Å². The molecule has 7 nitrogen and oxygen atoms in total. The van der Waals surface area contributed by atoms with Crippen molar-refractivity contribution in [3.05, 3.63) is 29.8 Å². The quantitative estimate of drug-likeness (QED) is 0.418. The molecular formula is C21H39N5O2S. The number of rotatable bonds is 9. The zero-order valence-corrected chi connectivity index (χ0v) is 20.0. The van der Waals surface area contributed by atoms with Gasteiger partial charge in [-0.05, 0) is 60.1 Å². The highest BCUT2D eigenvalue weighted by molar-refractivity contribution is 7.89. The number of benzene rings is 1. The van der Waals surface area contributed by atoms with Crippen LogP contribution in [0.5, 0.6) is 0 Å². The Morgan fingerprint density at radius 2 is 1.66 bits per heavy atom. The summed E-state index contributed by atoms with van der Waals surface area (Å²) in [4.78, 5) is 6.94. The van der Waals surface area contributed by atoms with Crippen molar-refractivity contribution in [2.75, 3.05) is 20.1 Å². The number of guanidine groups is 1. The maximum Gasteiger partial charge on any atom is 0.241 e. The van der Waals surface area contributed by atoms with Gasteiger partial charge in [-0.15, -0.1) is 0 Å². The van der Waals surface area contributed by atoms with Crippen molar-refractivity contribution in [2.45, 2.75) is 77.5 Å². The van der Waals surface area contributed by atoms with Crippen LogP contribution in [-0.4, -0.2) is 57.0 Å². The van der Waals surface area contributed by atoms with Crippen LogP contribution in [0.15, 0.2) is 34.2 Å². The van der Waals surface area contributed by atoms with Crippen molar-refractivity contribution in [2.24, 2.45) is 4.99 Å². The molecule has 166 valence electrons. The monoisotopic (exact) mass is 425 g/mol. The third-order valence-corrected chi connectivity index (χ3v) is 6.22. The Bertz CT molecular complexity index is 760. The number of hydrogen-bond donors (Lipinski definition) is 3. The number of sulfonamides is 1. The first-order valence-corrected chi connectivity index (χ1v) is 11.7. The van der Waals surface area contributed by atoms with Gasteiger partial charge in [-0.1, -0.05) is 18.2 Å². The molecule has 0 aliphatic rings. The maximum absolute atomic E-state index is 12.8. The molecule has 29 heavy (non-hydrogen) atoms. The Labute approximate surface area is 177 Å². The van der Waals surface area contributed by atoms with Crippen LogP contribution in [0.3, 0.4) is 0 Å². The Morgan fingerprint density at radius 3 is 2.17 bits per heavy atom. The van der Waals surface area contributed by atoms with Crippen LogP contribution >= 0.6 is 0 Å². The van der Waals surface area contributed by atoms with Crippen molar-refractivity contribution >= 4 is 16.0 Å². The lowest BCUT2D eigenvalue weighted by Crippen LogP contribution is -2.45. The molecule has 1 aromatic carbocycles. The van der Waals surface area contributed by atoms with Gasteiger partial charge in [0.05, 0.1) is 4.90 Å². The van der Waals surface area contributed by atoms with Crippen LogP contribution in [0.25, 0.3) is 0 Å². The molecule has 0 amide bonds. The minimum absolute atomic E-state index is 0.281. The molecule has 0 saturated heterocycles. The molecule has 0 heterocycles. The Hall–Kier alpha value is -1.64. The molecule has 1 aromatic rings. The molecule has 3 N–H and O–H groups in total. The standard InChI is InChI=1S/C21H39N5O2S/c1-16(2)26(17(3)4)14-13-23-20(22-8)24-15-18-11-9-10-12-19(18)29(27,28)25-21(5,6)7/h9-12,16-17,25H,13-15H2,1-8H3,(H2,22,23,24). The van der Waals surface area contributed by atoms with E-state index < -0.39 is 15.6 Å². The molecule has 8 heteroatoms. The van der Waals surface area contributed by atoms with E-state index in [9.17, 15) is 8.42 Å². The fourth-order valence-corrected chi connectivity index (χ4v) is 4.84. The lowest BCUT2D eigenvalue weighted by Gasteiger charge is -2.30. The maximum atomic E-state index is 12.8. The molecule has 0 aliphatic heterocycles. The number of hydrogen-bond acceptors (Lipinski definition) is 4. The summed E-state index contributed by atoms with van der Waals surface area (Å²) in [6.45, 7) is 16.3. The van der Waals surface area contributed by atoms with E-state index in [-0.39, 0.29) is 4.90 Å². The van der Waals surface area contributed by atoms with Crippen molar-refractivity contribution in [1.82, 2.24) is 20.3 Å². The highest BCUT2D eigenvalue weighted by atomic mass is 32.2. The lowest BCUT2D eigenvalue weighted by atomic mass is 10.1. The van der Waals surface area contributed by atoms with Gasteiger partial charge >= 0.3 is 0 Å². The smallest absolute Gasteiger partial charge is 0.241 e. The molecule has 0 unspecified atom stereocenters. The van der Waals surface area contributed by atoms with Crippen LogP contribution in [-0.2, 0) is 16.6 Å². The SMILES string of the molecule is CN=C(NCCN(C(C)C)C(C)C)NCc1ccccc1S(=O)(=O)NC(C)(C)C. The summed E-state index contributed by atoms with van der Waals surface area (Å²) < 4.78 is 28.2. The normalized spacial score (nSPS) is 13.4. The van der Waals surface area contributed by atoms with Crippen molar-refractivity contribution in [3.63, 3.8) is 0 Å². The molecule has 0 aromatic heterocycles. The predicted molar refractivity (Wildman–Crippen MR) is 122 cm³/mol. The molecular weight excluding hydrogens is 386 g/mol. The van der Waals surface area contributed by atoms with E-state index in [0.717, 1.165) is 13.1 Å². The summed E-state index contributed by atoms with van der Waals surface area (Å²) >= 11 is 0. The average Bonchev–Trinajstić information content (AvgIpc) is 2.58. The van der Waals surface area contributed by atoms with Gasteiger partial charge in [-0.3, -0.25) is 9.89 Å². The van der Waals surface area contributed by atoms with Gasteiger partial charge < -0.3 is 10.6 Å². The first kappa shape index (κ1) is 25.4. The fraction of sp³-hybridized carbons (Fsp3) is 0.667. The third-order valence-electron chi connectivity index (χ3n) is 4.36. The van der Waals surface area contributed by atoms with Gasteiger partial charge in [-0.25, -0.2) is 13.1 Å². The Balaban J connectivity index is 2.77. The van der Waals surface area contributed by atoms with Gasteiger partial charge in [0.15, 0.2) is 5.96 Å². The van der Waals surface area contributed by atoms with E-state index in [1.54, 1.807) is 19.2 Å². The largest absolute Gasteiger partial charge is 0.355 e. The van der Waals surface area contributed by atoms with Gasteiger partial charge in [0.2, 0.25) is 10.0 Å². The van der Waals surface area contributed by atoms with E-state index in [4.69, 9.17) is 0 Å². The second-order valence-electron chi connectivity index (χ2n) is 8.74. The van der Waals surface area contributed by atoms with Gasteiger partial charge in [0.1, 0.15) is 0 Å². The second-order valence-corrected chi connectivity index (χ2v) is 10.4. The van der Waals surface area contributed by atoms with Crippen LogP contribution < -0.4 is 15.4 Å². The third kappa shape index (κ3) is 8.72. The Morgan fingerprint density at radius 1 is 1.07 bits per heavy atom. The van der Waals surface area contributed by atoms with Crippen molar-refractivity contribution in [1.29, 1.82) is 0 Å². The first-order chi connectivity index (χ1) is 13.4. The number of aliphatic imine (C=N–C) groups is 1. The minimum atomic E-state index is -3.61. The predicted octanol–water partition coefficient (Wildman–Crippen LogP) is 2.55. The highest BCUT2D eigenvalue weighted by Gasteiger charge is 2.24. The van der Waals surface area contributed by atoms with Crippen LogP contribution in [0.1, 0.15) is 54.0 Å². The second kappa shape index (κ2) is 10.9. The van der Waals surface area contributed by atoms with E-state index in [1.165, 1.54) is 0 Å². The molecule has 0 atom stereocenters. The molecule has 0 fully saturated rings. The van der Waals surface area contributed by atoms with E-state index in [0.29, 0.717) is 30.2 Å². The van der Waals surface area contributed by atoms with Crippen LogP contribution in [0.4, 0.5) is 0 Å². The summed E-state index contributed by atoms with van der Waals surface area (Å²) in [5, 5.41) is 6.53. The summed E-state index contributed by atoms with van der Waals surface area (Å²) in [5.74, 6) is 0.647. The molecule has 0 aliphatic carbocycles. The molecule has 0 bridgehead atoms. The van der Waals surface area contributed by atoms with Crippen LogP contribution in [0.2, 0.25) is 0 Å². The summed E-state index contributed by atoms with van der Waals surface area (Å²) in [7, 11) is -1.90. The Kier molecular flexibility index (Phi) is 9.58. The fourth-order valence-electron chi connectivity index (χ4n) is 3.19. The van der Waals surface area contributed by atoms with Gasteiger partial charge in [0.25, 0.3) is 0 Å². The zero-order valence-electron chi connectivity index (χ0n) is 19.2. The molecule has 0 radical (unpaired) electrons. The summed E-state index contributed by atoms with van der Waals surface area (Å²) in [5.41, 5.74) is 0.147. The number of nitrogens with zero attached hydrogens (tertiary/aromatic N) is 2. The topological polar surface area (TPSA) is 85.8 Å². The minimum Gasteiger partial charge on any atom is -0.355 e. The molecule has 1 rings (SSSR count). The molecule has 0 saturated carbocycles. The van der Waals surface area contributed by atoms with Gasteiger partial charge in [0, 0.05) is 44.3 Å². The average molecular weight is 426 g/mol. The summed E-state index contributed by atoms with van der Waals surface area (Å²) in [6.07, 6.45) is 0.